The Kier molecular flexibility index (Phi) is 6.10. The van der Waals surface area contributed by atoms with Gasteiger partial charge in [-0.2, -0.15) is 0 Å². The van der Waals surface area contributed by atoms with Crippen LogP contribution in [-0.4, -0.2) is 48.4 Å². The number of rotatable bonds is 7. The van der Waals surface area contributed by atoms with Gasteiger partial charge in [0.2, 0.25) is 0 Å². The van der Waals surface area contributed by atoms with E-state index in [0.717, 1.165) is 44.0 Å². The Hall–Kier alpha value is -1.59. The molecule has 1 saturated heterocycles. The van der Waals surface area contributed by atoms with E-state index in [1.54, 1.807) is 0 Å². The minimum absolute atomic E-state index is 0.109. The summed E-state index contributed by atoms with van der Waals surface area (Å²) in [5.74, 6) is 1.28. The lowest BCUT2D eigenvalue weighted by Gasteiger charge is -2.38. The average molecular weight is 332 g/mol. The number of nitrogens with zero attached hydrogens (tertiary/aromatic N) is 1. The molecular weight excluding hydrogens is 304 g/mol. The van der Waals surface area contributed by atoms with Gasteiger partial charge in [0, 0.05) is 32.3 Å². The molecule has 0 radical (unpaired) electrons. The van der Waals surface area contributed by atoms with Crippen LogP contribution in [0.2, 0.25) is 0 Å². The van der Waals surface area contributed by atoms with Crippen LogP contribution in [0.15, 0.2) is 30.3 Å². The monoisotopic (exact) mass is 332 g/mol. The molecule has 0 spiro atoms. The van der Waals surface area contributed by atoms with Gasteiger partial charge in [-0.05, 0) is 43.1 Å². The number of nitrogens with one attached hydrogen (secondary N) is 1. The third kappa shape index (κ3) is 5.49. The molecule has 3 rings (SSSR count). The number of carbonyl (C=O) groups excluding carboxylic acids is 1. The standard InChI is InChI=1S/C19H28N2O3/c22-9-8-17-10-18(13-21(12-17)11-15-6-7-15)20-19(23)24-14-16-4-2-1-3-5-16/h1-5,15,17-18,22H,6-14H2,(H,20,23). The molecule has 1 aromatic carbocycles. The molecule has 1 aliphatic carbocycles. The molecule has 2 N–H and O–H groups in total. The van der Waals surface area contributed by atoms with Gasteiger partial charge in [0.15, 0.2) is 0 Å². The van der Waals surface area contributed by atoms with Gasteiger partial charge in [-0.1, -0.05) is 30.3 Å². The number of likely N-dealkylation sites (tertiary alicyclic amines) is 1. The third-order valence-electron chi connectivity index (χ3n) is 4.90. The fourth-order valence-electron chi connectivity index (χ4n) is 3.55. The van der Waals surface area contributed by atoms with Crippen LogP contribution in [-0.2, 0) is 11.3 Å². The molecule has 1 aliphatic heterocycles. The summed E-state index contributed by atoms with van der Waals surface area (Å²) in [6.45, 7) is 3.56. The zero-order chi connectivity index (χ0) is 16.8. The van der Waals surface area contributed by atoms with Crippen molar-refractivity contribution >= 4 is 6.09 Å². The van der Waals surface area contributed by atoms with Gasteiger partial charge in [-0.3, -0.25) is 0 Å². The molecular formula is C19H28N2O3. The quantitative estimate of drug-likeness (QED) is 0.805. The summed E-state index contributed by atoms with van der Waals surface area (Å²) in [4.78, 5) is 14.5. The number of alkyl carbamates (subject to hydrolysis) is 1. The first-order valence-electron chi connectivity index (χ1n) is 9.03. The van der Waals surface area contributed by atoms with E-state index in [4.69, 9.17) is 4.74 Å². The van der Waals surface area contributed by atoms with Crippen LogP contribution in [0.1, 0.15) is 31.2 Å². The number of amides is 1. The van der Waals surface area contributed by atoms with Crippen LogP contribution < -0.4 is 5.32 Å². The Labute approximate surface area is 144 Å². The molecule has 0 bridgehead atoms. The first-order chi connectivity index (χ1) is 11.7. The van der Waals surface area contributed by atoms with Crippen molar-refractivity contribution in [2.75, 3.05) is 26.2 Å². The summed E-state index contributed by atoms with van der Waals surface area (Å²) in [7, 11) is 0. The Bertz CT molecular complexity index is 519. The number of piperidine rings is 1. The molecule has 1 saturated carbocycles. The van der Waals surface area contributed by atoms with Crippen LogP contribution in [0.4, 0.5) is 4.79 Å². The van der Waals surface area contributed by atoms with E-state index in [9.17, 15) is 9.90 Å². The fraction of sp³-hybridized carbons (Fsp3) is 0.632. The lowest BCUT2D eigenvalue weighted by molar-refractivity contribution is 0.0998. The van der Waals surface area contributed by atoms with E-state index in [1.165, 1.54) is 12.8 Å². The summed E-state index contributed by atoms with van der Waals surface area (Å²) >= 11 is 0. The average Bonchev–Trinajstić information content (AvgIpc) is 3.38. The highest BCUT2D eigenvalue weighted by Gasteiger charge is 2.32. The lowest BCUT2D eigenvalue weighted by atomic mass is 9.91. The second-order valence-electron chi connectivity index (χ2n) is 7.18. The topological polar surface area (TPSA) is 61.8 Å². The van der Waals surface area contributed by atoms with E-state index in [0.29, 0.717) is 12.5 Å². The number of carbonyl (C=O) groups is 1. The minimum atomic E-state index is -0.347. The maximum atomic E-state index is 12.1. The lowest BCUT2D eigenvalue weighted by Crippen LogP contribution is -2.51. The van der Waals surface area contributed by atoms with Gasteiger partial charge in [-0.15, -0.1) is 0 Å². The maximum absolute atomic E-state index is 12.1. The Morgan fingerprint density at radius 1 is 1.21 bits per heavy atom. The van der Waals surface area contributed by atoms with E-state index in [2.05, 4.69) is 10.2 Å². The van der Waals surface area contributed by atoms with Crippen LogP contribution in [0.3, 0.4) is 0 Å². The van der Waals surface area contributed by atoms with Crippen molar-refractivity contribution in [3.8, 4) is 0 Å². The molecule has 5 nitrogen and oxygen atoms in total. The highest BCUT2D eigenvalue weighted by atomic mass is 16.5. The van der Waals surface area contributed by atoms with Gasteiger partial charge >= 0.3 is 6.09 Å². The molecule has 2 unspecified atom stereocenters. The first-order valence-corrected chi connectivity index (χ1v) is 9.03. The zero-order valence-corrected chi connectivity index (χ0v) is 14.2. The van der Waals surface area contributed by atoms with E-state index in [1.807, 2.05) is 30.3 Å². The van der Waals surface area contributed by atoms with Crippen LogP contribution in [0, 0.1) is 11.8 Å². The second-order valence-corrected chi connectivity index (χ2v) is 7.18. The van der Waals surface area contributed by atoms with E-state index < -0.39 is 0 Å². The third-order valence-corrected chi connectivity index (χ3v) is 4.90. The Morgan fingerprint density at radius 2 is 2.00 bits per heavy atom. The second kappa shape index (κ2) is 8.49. The van der Waals surface area contributed by atoms with Gasteiger partial charge in [0.05, 0.1) is 0 Å². The molecule has 1 amide bonds. The van der Waals surface area contributed by atoms with Gasteiger partial charge in [0.1, 0.15) is 6.61 Å². The molecule has 132 valence electrons. The van der Waals surface area contributed by atoms with Crippen molar-refractivity contribution in [2.24, 2.45) is 11.8 Å². The molecule has 2 atom stereocenters. The van der Waals surface area contributed by atoms with Crippen molar-refractivity contribution in [2.45, 2.75) is 38.3 Å². The first kappa shape index (κ1) is 17.2. The van der Waals surface area contributed by atoms with Gasteiger partial charge < -0.3 is 20.1 Å². The van der Waals surface area contributed by atoms with E-state index in [-0.39, 0.29) is 18.7 Å². The maximum Gasteiger partial charge on any atom is 0.407 e. The van der Waals surface area contributed by atoms with Crippen molar-refractivity contribution in [1.29, 1.82) is 0 Å². The fourth-order valence-corrected chi connectivity index (χ4v) is 3.55. The largest absolute Gasteiger partial charge is 0.445 e. The molecule has 0 aromatic heterocycles. The number of aliphatic hydroxyl groups excluding tert-OH is 1. The number of aliphatic hydroxyl groups is 1. The van der Waals surface area contributed by atoms with Crippen LogP contribution >= 0.6 is 0 Å². The SMILES string of the molecule is O=C(NC1CC(CCO)CN(CC2CC2)C1)OCc1ccccc1. The number of hydrogen-bond acceptors (Lipinski definition) is 4. The highest BCUT2D eigenvalue weighted by Crippen LogP contribution is 2.31. The molecule has 24 heavy (non-hydrogen) atoms. The Balaban J connectivity index is 1.47. The Morgan fingerprint density at radius 3 is 2.71 bits per heavy atom. The summed E-state index contributed by atoms with van der Waals surface area (Å²) < 4.78 is 5.34. The van der Waals surface area contributed by atoms with Gasteiger partial charge in [-0.25, -0.2) is 4.79 Å². The molecule has 2 fully saturated rings. The van der Waals surface area contributed by atoms with Crippen molar-refractivity contribution < 1.29 is 14.6 Å². The van der Waals surface area contributed by atoms with Gasteiger partial charge in [0.25, 0.3) is 0 Å². The minimum Gasteiger partial charge on any atom is -0.445 e. The number of ether oxygens (including phenoxy) is 1. The van der Waals surface area contributed by atoms with E-state index >= 15 is 0 Å². The normalized spacial score (nSPS) is 24.5. The van der Waals surface area contributed by atoms with Crippen LogP contribution in [0.5, 0.6) is 0 Å². The summed E-state index contributed by atoms with van der Waals surface area (Å²) in [5.41, 5.74) is 0.991. The summed E-state index contributed by atoms with van der Waals surface area (Å²) in [6, 6.07) is 9.82. The summed E-state index contributed by atoms with van der Waals surface area (Å²) in [5, 5.41) is 12.3. The van der Waals surface area contributed by atoms with Crippen molar-refractivity contribution in [3.05, 3.63) is 35.9 Å². The number of hydrogen-bond donors (Lipinski definition) is 2. The summed E-state index contributed by atoms with van der Waals surface area (Å²) in [6.07, 6.45) is 4.04. The predicted molar refractivity (Wildman–Crippen MR) is 92.5 cm³/mol. The predicted octanol–water partition coefficient (Wildman–Crippen LogP) is 2.40. The highest BCUT2D eigenvalue weighted by molar-refractivity contribution is 5.67. The molecule has 5 heteroatoms. The smallest absolute Gasteiger partial charge is 0.407 e. The van der Waals surface area contributed by atoms with Crippen molar-refractivity contribution in [3.63, 3.8) is 0 Å². The zero-order valence-electron chi connectivity index (χ0n) is 14.2. The molecule has 2 aliphatic rings. The van der Waals surface area contributed by atoms with Crippen LogP contribution in [0.25, 0.3) is 0 Å². The molecule has 1 heterocycles. The van der Waals surface area contributed by atoms with Crippen molar-refractivity contribution in [1.82, 2.24) is 10.2 Å². The number of benzene rings is 1. The molecule has 1 aromatic rings.